The molecule has 4 rings (SSSR count). The van der Waals surface area contributed by atoms with E-state index in [1.807, 2.05) is 0 Å². The van der Waals surface area contributed by atoms with Crippen molar-refractivity contribution in [2.45, 2.75) is 25.1 Å². The van der Waals surface area contributed by atoms with Crippen molar-refractivity contribution in [1.29, 1.82) is 0 Å². The molecule has 0 heterocycles. The van der Waals surface area contributed by atoms with Crippen LogP contribution in [-0.2, 0) is 19.1 Å². The van der Waals surface area contributed by atoms with Gasteiger partial charge in [0.25, 0.3) is 0 Å². The highest BCUT2D eigenvalue weighted by atomic mass is 19.4. The first-order valence-corrected chi connectivity index (χ1v) is 7.21. The summed E-state index contributed by atoms with van der Waals surface area (Å²) in [5, 5.41) is 0. The molecule has 3 saturated carbocycles. The second-order valence-corrected chi connectivity index (χ2v) is 6.20. The second kappa shape index (κ2) is 5.12. The summed E-state index contributed by atoms with van der Waals surface area (Å²) in [5.74, 6) is -1.67. The van der Waals surface area contributed by atoms with Crippen molar-refractivity contribution in [2.75, 3.05) is 14.2 Å². The third-order valence-electron chi connectivity index (χ3n) is 5.00. The summed E-state index contributed by atoms with van der Waals surface area (Å²) >= 11 is 0. The second-order valence-electron chi connectivity index (χ2n) is 6.20. The normalized spacial score (nSPS) is 30.6. The Labute approximate surface area is 135 Å². The summed E-state index contributed by atoms with van der Waals surface area (Å²) in [5.41, 5.74) is -1.04. The zero-order valence-electron chi connectivity index (χ0n) is 13.0. The predicted molar refractivity (Wildman–Crippen MR) is 74.0 cm³/mol. The van der Waals surface area contributed by atoms with Crippen LogP contribution in [0.5, 0.6) is 5.75 Å². The minimum absolute atomic E-state index is 0.324. The van der Waals surface area contributed by atoms with Crippen LogP contribution >= 0.6 is 0 Å². The fourth-order valence-electron chi connectivity index (χ4n) is 4.18. The van der Waals surface area contributed by atoms with Crippen LogP contribution in [0.15, 0.2) is 24.3 Å². The topological polar surface area (TPSA) is 61.8 Å². The summed E-state index contributed by atoms with van der Waals surface area (Å²) in [7, 11) is 2.54. The number of benzene rings is 1. The van der Waals surface area contributed by atoms with Gasteiger partial charge in [-0.3, -0.25) is 9.59 Å². The van der Waals surface area contributed by atoms with Gasteiger partial charge in [0.05, 0.1) is 25.0 Å². The van der Waals surface area contributed by atoms with Gasteiger partial charge in [-0.15, -0.1) is 13.2 Å². The van der Waals surface area contributed by atoms with Gasteiger partial charge in [0.15, 0.2) is 0 Å². The predicted octanol–water partition coefficient (Wildman–Crippen LogP) is 2.80. The SMILES string of the molecule is COC(=O)C12CC(C(=O)OC)(C1)C2c1ccc(OC(F)(F)F)cc1. The largest absolute Gasteiger partial charge is 0.573 e. The third-order valence-corrected chi connectivity index (χ3v) is 5.00. The van der Waals surface area contributed by atoms with E-state index in [1.165, 1.54) is 26.4 Å². The number of hydrogen-bond acceptors (Lipinski definition) is 5. The van der Waals surface area contributed by atoms with Gasteiger partial charge in [0.2, 0.25) is 0 Å². The summed E-state index contributed by atoms with van der Waals surface area (Å²) in [4.78, 5) is 24.2. The first-order valence-electron chi connectivity index (χ1n) is 7.21. The molecule has 0 N–H and O–H groups in total. The molecule has 0 saturated heterocycles. The smallest absolute Gasteiger partial charge is 0.469 e. The Balaban J connectivity index is 1.88. The molecule has 0 unspecified atom stereocenters. The Bertz CT molecular complexity index is 646. The first kappa shape index (κ1) is 16.6. The van der Waals surface area contributed by atoms with E-state index in [0.717, 1.165) is 12.1 Å². The van der Waals surface area contributed by atoms with E-state index in [9.17, 15) is 22.8 Å². The number of carbonyl (C=O) groups is 2. The Morgan fingerprint density at radius 3 is 1.83 bits per heavy atom. The summed E-state index contributed by atoms with van der Waals surface area (Å²) in [6.45, 7) is 0. The summed E-state index contributed by atoms with van der Waals surface area (Å²) < 4.78 is 50.2. The Morgan fingerprint density at radius 1 is 1.00 bits per heavy atom. The van der Waals surface area contributed by atoms with Crippen LogP contribution in [0.4, 0.5) is 13.2 Å². The lowest BCUT2D eigenvalue weighted by atomic mass is 9.28. The Kier molecular flexibility index (Phi) is 3.54. The van der Waals surface area contributed by atoms with E-state index in [4.69, 9.17) is 9.47 Å². The molecule has 3 fully saturated rings. The van der Waals surface area contributed by atoms with Gasteiger partial charge < -0.3 is 14.2 Å². The highest BCUT2D eigenvalue weighted by molar-refractivity contribution is 5.94. The van der Waals surface area contributed by atoms with Crippen molar-refractivity contribution >= 4 is 11.9 Å². The van der Waals surface area contributed by atoms with Gasteiger partial charge in [-0.1, -0.05) is 12.1 Å². The minimum Gasteiger partial charge on any atom is -0.469 e. The van der Waals surface area contributed by atoms with Crippen LogP contribution in [0.3, 0.4) is 0 Å². The van der Waals surface area contributed by atoms with Crippen molar-refractivity contribution in [3.8, 4) is 5.75 Å². The molecule has 3 aliphatic carbocycles. The van der Waals surface area contributed by atoms with Gasteiger partial charge >= 0.3 is 18.3 Å². The average Bonchev–Trinajstić information content (AvgIpc) is 2.45. The average molecular weight is 344 g/mol. The molecule has 1 aromatic rings. The molecule has 8 heteroatoms. The monoisotopic (exact) mass is 344 g/mol. The van der Waals surface area contributed by atoms with Gasteiger partial charge in [-0.25, -0.2) is 0 Å². The minimum atomic E-state index is -4.78. The summed E-state index contributed by atoms with van der Waals surface area (Å²) in [6, 6.07) is 5.19. The highest BCUT2D eigenvalue weighted by Crippen LogP contribution is 2.81. The zero-order valence-corrected chi connectivity index (χ0v) is 13.0. The lowest BCUT2D eigenvalue weighted by Crippen LogP contribution is -2.74. The van der Waals surface area contributed by atoms with Crippen molar-refractivity contribution in [2.24, 2.45) is 10.8 Å². The quantitative estimate of drug-likeness (QED) is 0.786. The van der Waals surface area contributed by atoms with Crippen LogP contribution in [0.25, 0.3) is 0 Å². The number of hydrogen-bond donors (Lipinski definition) is 0. The van der Waals surface area contributed by atoms with Gasteiger partial charge in [0, 0.05) is 5.92 Å². The van der Waals surface area contributed by atoms with Gasteiger partial charge in [-0.2, -0.15) is 0 Å². The van der Waals surface area contributed by atoms with Crippen LogP contribution in [0, 0.1) is 10.8 Å². The number of carbonyl (C=O) groups excluding carboxylic acids is 2. The van der Waals surface area contributed by atoms with E-state index in [0.29, 0.717) is 18.4 Å². The van der Waals surface area contributed by atoms with Crippen LogP contribution in [0.2, 0.25) is 0 Å². The number of halogens is 3. The molecule has 0 spiro atoms. The molecule has 5 nitrogen and oxygen atoms in total. The Morgan fingerprint density at radius 2 is 1.46 bits per heavy atom. The molecule has 130 valence electrons. The van der Waals surface area contributed by atoms with Crippen LogP contribution < -0.4 is 4.74 Å². The maximum atomic E-state index is 12.2. The zero-order chi connectivity index (χ0) is 17.8. The number of methoxy groups -OCH3 is 2. The van der Waals surface area contributed by atoms with Crippen molar-refractivity contribution in [3.05, 3.63) is 29.8 Å². The lowest BCUT2D eigenvalue weighted by Gasteiger charge is -2.72. The maximum Gasteiger partial charge on any atom is 0.573 e. The number of alkyl halides is 3. The standard InChI is InChI=1S/C16H15F3O5/c1-22-12(20)14-7-15(8-14,13(21)23-2)11(14)9-3-5-10(6-4-9)24-16(17,18)19/h3-6,11H,7-8H2,1-2H3. The molecular weight excluding hydrogens is 329 g/mol. The van der Waals surface area contributed by atoms with Crippen molar-refractivity contribution in [3.63, 3.8) is 0 Å². The fourth-order valence-corrected chi connectivity index (χ4v) is 4.18. The van der Waals surface area contributed by atoms with Crippen molar-refractivity contribution in [1.82, 2.24) is 0 Å². The number of esters is 2. The molecule has 0 radical (unpaired) electrons. The highest BCUT2D eigenvalue weighted by Gasteiger charge is 2.83. The number of ether oxygens (including phenoxy) is 3. The maximum absolute atomic E-state index is 12.2. The third kappa shape index (κ3) is 2.16. The molecule has 3 aliphatic rings. The Hall–Kier alpha value is -2.25. The molecule has 0 aromatic heterocycles. The van der Waals surface area contributed by atoms with E-state index in [1.54, 1.807) is 0 Å². The molecule has 0 atom stereocenters. The number of rotatable bonds is 4. The van der Waals surface area contributed by atoms with E-state index in [2.05, 4.69) is 4.74 Å². The van der Waals surface area contributed by atoms with E-state index < -0.39 is 35.0 Å². The van der Waals surface area contributed by atoms with Crippen LogP contribution in [0.1, 0.15) is 24.3 Å². The molecule has 2 bridgehead atoms. The van der Waals surface area contributed by atoms with Gasteiger partial charge in [0.1, 0.15) is 5.75 Å². The van der Waals surface area contributed by atoms with Gasteiger partial charge in [-0.05, 0) is 30.5 Å². The van der Waals surface area contributed by atoms with Crippen molar-refractivity contribution < 1.29 is 37.0 Å². The lowest BCUT2D eigenvalue weighted by molar-refractivity contribution is -0.274. The van der Waals surface area contributed by atoms with E-state index in [-0.39, 0.29) is 5.75 Å². The summed E-state index contributed by atoms with van der Waals surface area (Å²) in [6.07, 6.45) is -4.13. The molecule has 0 amide bonds. The molecular formula is C16H15F3O5. The first-order chi connectivity index (χ1) is 11.2. The van der Waals surface area contributed by atoms with Crippen LogP contribution in [-0.4, -0.2) is 32.5 Å². The molecule has 1 aromatic carbocycles. The molecule has 0 aliphatic heterocycles. The van der Waals surface area contributed by atoms with E-state index >= 15 is 0 Å². The molecule has 24 heavy (non-hydrogen) atoms. The fraction of sp³-hybridized carbons (Fsp3) is 0.500.